The monoisotopic (exact) mass is 229 g/mol. The predicted octanol–water partition coefficient (Wildman–Crippen LogP) is 0.112. The first kappa shape index (κ1) is 13.9. The summed E-state index contributed by atoms with van der Waals surface area (Å²) in [5, 5.41) is 9.41. The van der Waals surface area contributed by atoms with Crippen LogP contribution in [0.3, 0.4) is 0 Å². The molecule has 1 saturated heterocycles. The lowest BCUT2D eigenvalue weighted by Gasteiger charge is -2.42. The van der Waals surface area contributed by atoms with E-state index in [9.17, 15) is 5.11 Å². The third kappa shape index (κ3) is 4.37. The number of rotatable bonds is 4. The highest BCUT2D eigenvalue weighted by molar-refractivity contribution is 4.82. The summed E-state index contributed by atoms with van der Waals surface area (Å²) in [5.74, 6) is 0. The normalized spacial score (nSPS) is 22.3. The number of nitrogens with zero attached hydrogens (tertiary/aromatic N) is 2. The van der Waals surface area contributed by atoms with Crippen LogP contribution in [-0.4, -0.2) is 65.8 Å². The third-order valence-electron chi connectivity index (χ3n) is 3.37. The Bertz CT molecular complexity index is 195. The van der Waals surface area contributed by atoms with Crippen molar-refractivity contribution in [2.75, 3.05) is 39.3 Å². The highest BCUT2D eigenvalue weighted by atomic mass is 16.3. The molecule has 1 aliphatic rings. The summed E-state index contributed by atoms with van der Waals surface area (Å²) in [6.07, 6.45) is 0.465. The third-order valence-corrected chi connectivity index (χ3v) is 3.37. The molecule has 1 aliphatic heterocycles. The maximum absolute atomic E-state index is 9.41. The fourth-order valence-electron chi connectivity index (χ4n) is 2.09. The van der Waals surface area contributed by atoms with Gasteiger partial charge < -0.3 is 15.7 Å². The number of aliphatic hydroxyl groups is 1. The highest BCUT2D eigenvalue weighted by Crippen LogP contribution is 2.15. The number of hydrogen-bond donors (Lipinski definition) is 2. The Labute approximate surface area is 99.4 Å². The molecule has 96 valence electrons. The molecule has 1 rings (SSSR count). The van der Waals surface area contributed by atoms with Crippen LogP contribution in [0.4, 0.5) is 0 Å². The van der Waals surface area contributed by atoms with Gasteiger partial charge in [0, 0.05) is 44.8 Å². The number of piperazine rings is 1. The van der Waals surface area contributed by atoms with E-state index in [1.807, 2.05) is 0 Å². The fraction of sp³-hybridized carbons (Fsp3) is 1.00. The molecule has 1 unspecified atom stereocenters. The summed E-state index contributed by atoms with van der Waals surface area (Å²) >= 11 is 0. The molecule has 0 amide bonds. The summed E-state index contributed by atoms with van der Waals surface area (Å²) < 4.78 is 0. The van der Waals surface area contributed by atoms with Gasteiger partial charge >= 0.3 is 0 Å². The van der Waals surface area contributed by atoms with Crippen molar-refractivity contribution in [1.29, 1.82) is 0 Å². The van der Waals surface area contributed by atoms with Gasteiger partial charge in [0.25, 0.3) is 0 Å². The first-order valence-corrected chi connectivity index (χ1v) is 6.29. The van der Waals surface area contributed by atoms with Gasteiger partial charge in [0.1, 0.15) is 0 Å². The van der Waals surface area contributed by atoms with Gasteiger partial charge in [-0.1, -0.05) is 0 Å². The topological polar surface area (TPSA) is 52.7 Å². The Balaban J connectivity index is 2.22. The Morgan fingerprint density at radius 3 is 2.19 bits per heavy atom. The minimum atomic E-state index is -0.333. The first-order chi connectivity index (χ1) is 7.43. The van der Waals surface area contributed by atoms with Crippen molar-refractivity contribution in [3.05, 3.63) is 0 Å². The van der Waals surface area contributed by atoms with Gasteiger partial charge in [-0.05, 0) is 27.2 Å². The lowest BCUT2D eigenvalue weighted by molar-refractivity contribution is 0.0541. The van der Waals surface area contributed by atoms with Crippen molar-refractivity contribution in [1.82, 2.24) is 9.80 Å². The molecule has 0 aromatic rings. The van der Waals surface area contributed by atoms with Gasteiger partial charge in [-0.15, -0.1) is 0 Å². The van der Waals surface area contributed by atoms with Gasteiger partial charge in [0.05, 0.1) is 6.10 Å². The van der Waals surface area contributed by atoms with Crippen LogP contribution in [0, 0.1) is 0 Å². The largest absolute Gasteiger partial charge is 0.392 e. The van der Waals surface area contributed by atoms with Gasteiger partial charge in [-0.2, -0.15) is 0 Å². The zero-order chi connectivity index (χ0) is 12.2. The van der Waals surface area contributed by atoms with E-state index in [1.165, 1.54) is 0 Å². The molecule has 4 heteroatoms. The van der Waals surface area contributed by atoms with Gasteiger partial charge in [-0.25, -0.2) is 0 Å². The van der Waals surface area contributed by atoms with Crippen LogP contribution in [0.25, 0.3) is 0 Å². The molecule has 0 spiro atoms. The number of aliphatic hydroxyl groups excluding tert-OH is 1. The Kier molecular flexibility index (Phi) is 5.18. The Morgan fingerprint density at radius 1 is 1.19 bits per heavy atom. The minimum absolute atomic E-state index is 0.281. The lowest BCUT2D eigenvalue weighted by Crippen LogP contribution is -2.53. The summed E-state index contributed by atoms with van der Waals surface area (Å²) in [6.45, 7) is 12.6. The summed E-state index contributed by atoms with van der Waals surface area (Å²) in [5.41, 5.74) is 5.67. The molecule has 1 fully saturated rings. The van der Waals surface area contributed by atoms with Crippen molar-refractivity contribution < 1.29 is 5.11 Å². The van der Waals surface area contributed by atoms with Crippen LogP contribution >= 0.6 is 0 Å². The molecule has 16 heavy (non-hydrogen) atoms. The van der Waals surface area contributed by atoms with E-state index >= 15 is 0 Å². The van der Waals surface area contributed by atoms with E-state index < -0.39 is 0 Å². The molecule has 0 aromatic carbocycles. The molecular formula is C12H27N3O. The minimum Gasteiger partial charge on any atom is -0.392 e. The Morgan fingerprint density at radius 2 is 1.75 bits per heavy atom. The average molecular weight is 229 g/mol. The molecule has 1 atom stereocenters. The van der Waals surface area contributed by atoms with Crippen LogP contribution in [0.15, 0.2) is 0 Å². The second-order valence-electron chi connectivity index (χ2n) is 5.68. The highest BCUT2D eigenvalue weighted by Gasteiger charge is 2.25. The molecule has 3 N–H and O–H groups in total. The zero-order valence-corrected chi connectivity index (χ0v) is 10.9. The van der Waals surface area contributed by atoms with Gasteiger partial charge in [0.15, 0.2) is 0 Å². The standard InChI is InChI=1S/C12H27N3O/c1-12(2,3)15-8-6-14(7-9-15)5-4-11(16)10-13/h11,16H,4-10,13H2,1-3H3. The van der Waals surface area contributed by atoms with Crippen molar-refractivity contribution >= 4 is 0 Å². The SMILES string of the molecule is CC(C)(C)N1CCN(CCC(O)CN)CC1. The molecule has 1 heterocycles. The van der Waals surface area contributed by atoms with Crippen molar-refractivity contribution in [2.24, 2.45) is 5.73 Å². The van der Waals surface area contributed by atoms with E-state index in [4.69, 9.17) is 5.73 Å². The van der Waals surface area contributed by atoms with E-state index in [1.54, 1.807) is 0 Å². The lowest BCUT2D eigenvalue weighted by atomic mass is 10.0. The summed E-state index contributed by atoms with van der Waals surface area (Å²) in [4.78, 5) is 4.93. The fourth-order valence-corrected chi connectivity index (χ4v) is 2.09. The number of hydrogen-bond acceptors (Lipinski definition) is 4. The molecule has 0 radical (unpaired) electrons. The van der Waals surface area contributed by atoms with Gasteiger partial charge in [-0.3, -0.25) is 4.90 Å². The van der Waals surface area contributed by atoms with E-state index in [2.05, 4.69) is 30.6 Å². The van der Waals surface area contributed by atoms with Crippen LogP contribution < -0.4 is 5.73 Å². The second kappa shape index (κ2) is 5.96. The maximum Gasteiger partial charge on any atom is 0.0674 e. The molecule has 4 nitrogen and oxygen atoms in total. The summed E-state index contributed by atoms with van der Waals surface area (Å²) in [6, 6.07) is 0. The van der Waals surface area contributed by atoms with Crippen LogP contribution in [0.1, 0.15) is 27.2 Å². The van der Waals surface area contributed by atoms with Gasteiger partial charge in [0.2, 0.25) is 0 Å². The number of nitrogens with two attached hydrogens (primary N) is 1. The average Bonchev–Trinajstić information content (AvgIpc) is 2.25. The molecular weight excluding hydrogens is 202 g/mol. The maximum atomic E-state index is 9.41. The van der Waals surface area contributed by atoms with E-state index in [0.29, 0.717) is 6.54 Å². The molecule has 0 aliphatic carbocycles. The van der Waals surface area contributed by atoms with Crippen molar-refractivity contribution in [3.8, 4) is 0 Å². The first-order valence-electron chi connectivity index (χ1n) is 6.29. The van der Waals surface area contributed by atoms with Crippen LogP contribution in [-0.2, 0) is 0 Å². The van der Waals surface area contributed by atoms with E-state index in [0.717, 1.165) is 39.1 Å². The smallest absolute Gasteiger partial charge is 0.0674 e. The Hall–Kier alpha value is -0.160. The van der Waals surface area contributed by atoms with Crippen LogP contribution in [0.2, 0.25) is 0 Å². The molecule has 0 bridgehead atoms. The van der Waals surface area contributed by atoms with Crippen molar-refractivity contribution in [2.45, 2.75) is 38.8 Å². The van der Waals surface area contributed by atoms with Crippen molar-refractivity contribution in [3.63, 3.8) is 0 Å². The predicted molar refractivity (Wildman–Crippen MR) is 67.4 cm³/mol. The summed E-state index contributed by atoms with van der Waals surface area (Å²) in [7, 11) is 0. The van der Waals surface area contributed by atoms with E-state index in [-0.39, 0.29) is 11.6 Å². The quantitative estimate of drug-likeness (QED) is 0.718. The second-order valence-corrected chi connectivity index (χ2v) is 5.68. The molecule has 0 aromatic heterocycles. The molecule has 0 saturated carbocycles. The van der Waals surface area contributed by atoms with Crippen LogP contribution in [0.5, 0.6) is 0 Å². The zero-order valence-electron chi connectivity index (χ0n) is 10.9.